The molecule has 8 heteroatoms. The van der Waals surface area contributed by atoms with Crippen molar-refractivity contribution in [1.29, 1.82) is 0 Å². The third-order valence-electron chi connectivity index (χ3n) is 5.15. The molecule has 1 heterocycles. The Hall–Kier alpha value is -2.45. The lowest BCUT2D eigenvalue weighted by Gasteiger charge is -2.39. The minimum Gasteiger partial charge on any atom is -0.444 e. The lowest BCUT2D eigenvalue weighted by molar-refractivity contribution is 0.0114. The molecule has 1 saturated heterocycles. The van der Waals surface area contributed by atoms with Crippen LogP contribution in [0.5, 0.6) is 0 Å². The highest BCUT2D eigenvalue weighted by atomic mass is 32.2. The Balaban J connectivity index is 1.78. The van der Waals surface area contributed by atoms with Crippen LogP contribution in [0.4, 0.5) is 9.18 Å². The van der Waals surface area contributed by atoms with Crippen molar-refractivity contribution < 1.29 is 26.5 Å². The van der Waals surface area contributed by atoms with Crippen LogP contribution >= 0.6 is 0 Å². The van der Waals surface area contributed by atoms with Gasteiger partial charge in [-0.15, -0.1) is 0 Å². The molecule has 0 bridgehead atoms. The maximum absolute atomic E-state index is 13.4. The molecule has 2 aromatic carbocycles. The highest BCUT2D eigenvalue weighted by molar-refractivity contribution is 7.86. The van der Waals surface area contributed by atoms with Crippen molar-refractivity contribution in [1.82, 2.24) is 4.90 Å². The van der Waals surface area contributed by atoms with E-state index in [1.54, 1.807) is 56.0 Å². The lowest BCUT2D eigenvalue weighted by Crippen LogP contribution is -2.46. The number of carbonyl (C=O) groups is 1. The predicted octanol–water partition coefficient (Wildman–Crippen LogP) is 4.57. The molecule has 0 spiro atoms. The normalized spacial score (nSPS) is 19.8. The standard InChI is InChI=1S/C23H28FNO5S/c1-23(2,3)30-22(26)25-14-13-21(17-9-11-19(24)12-10-17)18(15-25)16-29-31(27,28)20-7-5-4-6-8-20/h4-12,18,21H,13-16H2,1-3H3/t18-,21-/m0/s1. The van der Waals surface area contributed by atoms with Gasteiger partial charge in [0.15, 0.2) is 0 Å². The van der Waals surface area contributed by atoms with Gasteiger partial charge in [-0.25, -0.2) is 9.18 Å². The molecule has 0 saturated carbocycles. The van der Waals surface area contributed by atoms with Gasteiger partial charge in [-0.1, -0.05) is 30.3 Å². The molecule has 168 valence electrons. The second-order valence-corrected chi connectivity index (χ2v) is 10.3. The molecule has 2 atom stereocenters. The average Bonchev–Trinajstić information content (AvgIpc) is 2.72. The van der Waals surface area contributed by atoms with Crippen molar-refractivity contribution >= 4 is 16.2 Å². The van der Waals surface area contributed by atoms with Crippen LogP contribution < -0.4 is 0 Å². The van der Waals surface area contributed by atoms with E-state index in [9.17, 15) is 17.6 Å². The summed E-state index contributed by atoms with van der Waals surface area (Å²) in [6.45, 7) is 6.02. The van der Waals surface area contributed by atoms with E-state index in [4.69, 9.17) is 8.92 Å². The van der Waals surface area contributed by atoms with Crippen LogP contribution in [0.1, 0.15) is 38.7 Å². The van der Waals surface area contributed by atoms with Gasteiger partial charge >= 0.3 is 6.09 Å². The number of halogens is 1. The van der Waals surface area contributed by atoms with Crippen LogP contribution in [0.25, 0.3) is 0 Å². The largest absolute Gasteiger partial charge is 0.444 e. The minimum absolute atomic E-state index is 0.0770. The summed E-state index contributed by atoms with van der Waals surface area (Å²) in [5.41, 5.74) is 0.254. The minimum atomic E-state index is -3.93. The van der Waals surface area contributed by atoms with Gasteiger partial charge in [0.2, 0.25) is 0 Å². The van der Waals surface area contributed by atoms with E-state index in [2.05, 4.69) is 0 Å². The Kier molecular flexibility index (Phi) is 7.01. The predicted molar refractivity (Wildman–Crippen MR) is 115 cm³/mol. The van der Waals surface area contributed by atoms with Gasteiger partial charge in [-0.3, -0.25) is 4.18 Å². The fourth-order valence-corrected chi connectivity index (χ4v) is 4.65. The third kappa shape index (κ3) is 6.27. The molecule has 31 heavy (non-hydrogen) atoms. The number of hydrogen-bond acceptors (Lipinski definition) is 5. The Labute approximate surface area is 183 Å². The summed E-state index contributed by atoms with van der Waals surface area (Å²) >= 11 is 0. The number of hydrogen-bond donors (Lipinski definition) is 0. The van der Waals surface area contributed by atoms with E-state index in [1.165, 1.54) is 24.3 Å². The molecular weight excluding hydrogens is 421 g/mol. The van der Waals surface area contributed by atoms with Gasteiger partial charge in [0.05, 0.1) is 11.5 Å². The van der Waals surface area contributed by atoms with E-state index in [1.807, 2.05) is 0 Å². The van der Waals surface area contributed by atoms with Crippen LogP contribution in [0.3, 0.4) is 0 Å². The number of carbonyl (C=O) groups excluding carboxylic acids is 1. The molecule has 2 aromatic rings. The maximum Gasteiger partial charge on any atom is 0.410 e. The number of likely N-dealkylation sites (tertiary alicyclic amines) is 1. The number of ether oxygens (including phenoxy) is 1. The van der Waals surface area contributed by atoms with Gasteiger partial charge in [-0.05, 0) is 62.9 Å². The zero-order valence-electron chi connectivity index (χ0n) is 18.0. The van der Waals surface area contributed by atoms with Crippen molar-refractivity contribution in [3.63, 3.8) is 0 Å². The quantitative estimate of drug-likeness (QED) is 0.625. The first kappa shape index (κ1) is 23.2. The SMILES string of the molecule is CC(C)(C)OC(=O)N1CC[C@@H](c2ccc(F)cc2)[C@H](COS(=O)(=O)c2ccccc2)C1. The molecule has 0 unspecified atom stereocenters. The molecule has 1 aliphatic heterocycles. The van der Waals surface area contributed by atoms with Crippen molar-refractivity contribution in [3.05, 3.63) is 66.0 Å². The van der Waals surface area contributed by atoms with Crippen molar-refractivity contribution in [2.24, 2.45) is 5.92 Å². The second kappa shape index (κ2) is 9.36. The molecule has 1 fully saturated rings. The van der Waals surface area contributed by atoms with Crippen LogP contribution in [-0.2, 0) is 19.0 Å². The number of rotatable bonds is 5. The second-order valence-electron chi connectivity index (χ2n) is 8.68. The fraction of sp³-hybridized carbons (Fsp3) is 0.435. The highest BCUT2D eigenvalue weighted by Gasteiger charge is 2.35. The molecule has 6 nitrogen and oxygen atoms in total. The number of nitrogens with zero attached hydrogens (tertiary/aromatic N) is 1. The fourth-order valence-electron chi connectivity index (χ4n) is 3.67. The Morgan fingerprint density at radius 3 is 2.35 bits per heavy atom. The van der Waals surface area contributed by atoms with Crippen molar-refractivity contribution in [3.8, 4) is 0 Å². The summed E-state index contributed by atoms with van der Waals surface area (Å²) in [7, 11) is -3.93. The van der Waals surface area contributed by atoms with E-state index in [0.717, 1.165) is 5.56 Å². The molecule has 1 amide bonds. The highest BCUT2D eigenvalue weighted by Crippen LogP contribution is 2.34. The summed E-state index contributed by atoms with van der Waals surface area (Å²) in [5, 5.41) is 0. The lowest BCUT2D eigenvalue weighted by atomic mass is 9.81. The van der Waals surface area contributed by atoms with E-state index in [-0.39, 0.29) is 35.7 Å². The van der Waals surface area contributed by atoms with Crippen LogP contribution in [-0.4, -0.2) is 44.7 Å². The van der Waals surface area contributed by atoms with Crippen molar-refractivity contribution in [2.45, 2.75) is 43.6 Å². The third-order valence-corrected chi connectivity index (χ3v) is 6.45. The smallest absolute Gasteiger partial charge is 0.410 e. The summed E-state index contributed by atoms with van der Waals surface area (Å²) in [4.78, 5) is 14.2. The molecule has 0 N–H and O–H groups in total. The van der Waals surface area contributed by atoms with E-state index in [0.29, 0.717) is 13.0 Å². The first-order valence-corrected chi connectivity index (χ1v) is 11.6. The molecule has 3 rings (SSSR count). The Morgan fingerprint density at radius 1 is 1.10 bits per heavy atom. The molecule has 0 aliphatic carbocycles. The topological polar surface area (TPSA) is 72.9 Å². The molecule has 0 aromatic heterocycles. The molecule has 1 aliphatic rings. The van der Waals surface area contributed by atoms with Gasteiger partial charge in [0.25, 0.3) is 10.1 Å². The first-order valence-electron chi connectivity index (χ1n) is 10.2. The van der Waals surface area contributed by atoms with Crippen molar-refractivity contribution in [2.75, 3.05) is 19.7 Å². The van der Waals surface area contributed by atoms with Crippen LogP contribution in [0, 0.1) is 11.7 Å². The summed E-state index contributed by atoms with van der Waals surface area (Å²) in [6, 6.07) is 14.1. The summed E-state index contributed by atoms with van der Waals surface area (Å²) < 4.78 is 49.4. The summed E-state index contributed by atoms with van der Waals surface area (Å²) in [5.74, 6) is -0.718. The van der Waals surface area contributed by atoms with E-state index >= 15 is 0 Å². The molecule has 0 radical (unpaired) electrons. The summed E-state index contributed by atoms with van der Waals surface area (Å²) in [6.07, 6.45) is 0.144. The van der Waals surface area contributed by atoms with E-state index < -0.39 is 21.8 Å². The number of piperidine rings is 1. The van der Waals surface area contributed by atoms with Gasteiger partial charge in [-0.2, -0.15) is 8.42 Å². The Morgan fingerprint density at radius 2 is 1.74 bits per heavy atom. The van der Waals surface area contributed by atoms with Crippen LogP contribution in [0.2, 0.25) is 0 Å². The number of benzene rings is 2. The zero-order valence-corrected chi connectivity index (χ0v) is 18.8. The zero-order chi connectivity index (χ0) is 22.6. The Bertz CT molecular complexity index is 987. The van der Waals surface area contributed by atoms with Gasteiger partial charge in [0.1, 0.15) is 11.4 Å². The van der Waals surface area contributed by atoms with Crippen LogP contribution in [0.15, 0.2) is 59.5 Å². The monoisotopic (exact) mass is 449 g/mol. The maximum atomic E-state index is 13.4. The molecular formula is C23H28FNO5S. The van der Waals surface area contributed by atoms with Gasteiger partial charge in [0, 0.05) is 19.0 Å². The average molecular weight is 450 g/mol. The first-order chi connectivity index (χ1) is 14.5. The van der Waals surface area contributed by atoms with Gasteiger partial charge < -0.3 is 9.64 Å². The number of amides is 1.